The molecule has 116 valence electrons. The van der Waals surface area contributed by atoms with Gasteiger partial charge in [-0.1, -0.05) is 48.5 Å². The van der Waals surface area contributed by atoms with Crippen molar-refractivity contribution >= 4 is 5.69 Å². The SMILES string of the molecule is CC(C)(C)O[C@@H]1C[C@H](c2ccccc2)N(c2ccccc2)O1. The maximum Gasteiger partial charge on any atom is 0.186 e. The summed E-state index contributed by atoms with van der Waals surface area (Å²) in [6.45, 7) is 6.16. The van der Waals surface area contributed by atoms with Crippen molar-refractivity contribution in [2.75, 3.05) is 5.06 Å². The van der Waals surface area contributed by atoms with Crippen LogP contribution in [-0.2, 0) is 9.57 Å². The first-order valence-corrected chi connectivity index (χ1v) is 7.77. The van der Waals surface area contributed by atoms with Crippen molar-refractivity contribution in [3.63, 3.8) is 0 Å². The monoisotopic (exact) mass is 297 g/mol. The van der Waals surface area contributed by atoms with Gasteiger partial charge in [0.1, 0.15) is 0 Å². The van der Waals surface area contributed by atoms with Crippen LogP contribution in [-0.4, -0.2) is 11.9 Å². The fraction of sp³-hybridized carbons (Fsp3) is 0.368. The molecule has 2 aromatic carbocycles. The molecule has 1 aliphatic rings. The molecule has 0 amide bonds. The second kappa shape index (κ2) is 6.11. The summed E-state index contributed by atoms with van der Waals surface area (Å²) in [4.78, 5) is 6.10. The van der Waals surface area contributed by atoms with Crippen LogP contribution in [0.4, 0.5) is 5.69 Å². The van der Waals surface area contributed by atoms with Gasteiger partial charge in [0.05, 0.1) is 17.3 Å². The molecule has 3 nitrogen and oxygen atoms in total. The number of nitrogens with zero attached hydrogens (tertiary/aromatic N) is 1. The standard InChI is InChI=1S/C19H23NO2/c1-19(2,3)21-18-14-17(15-10-6-4-7-11-15)20(22-18)16-12-8-5-9-13-16/h4-13,17-18H,14H2,1-3H3/t17-,18+/m1/s1. The van der Waals surface area contributed by atoms with Gasteiger partial charge in [0.2, 0.25) is 0 Å². The molecule has 2 aromatic rings. The van der Waals surface area contributed by atoms with Gasteiger partial charge in [-0.2, -0.15) is 0 Å². The van der Waals surface area contributed by atoms with Crippen molar-refractivity contribution in [3.05, 3.63) is 66.2 Å². The highest BCUT2D eigenvalue weighted by Crippen LogP contribution is 2.39. The fourth-order valence-corrected chi connectivity index (χ4v) is 2.75. The number of anilines is 1. The Balaban J connectivity index is 1.87. The Kier molecular flexibility index (Phi) is 4.19. The second-order valence-corrected chi connectivity index (χ2v) is 6.59. The Hall–Kier alpha value is -1.84. The van der Waals surface area contributed by atoms with Gasteiger partial charge in [-0.3, -0.25) is 0 Å². The first-order valence-electron chi connectivity index (χ1n) is 7.77. The smallest absolute Gasteiger partial charge is 0.186 e. The molecule has 0 saturated carbocycles. The summed E-state index contributed by atoms with van der Waals surface area (Å²) in [5, 5.41) is 1.98. The minimum Gasteiger partial charge on any atom is -0.344 e. The zero-order valence-electron chi connectivity index (χ0n) is 13.4. The van der Waals surface area contributed by atoms with Gasteiger partial charge < -0.3 is 4.74 Å². The van der Waals surface area contributed by atoms with E-state index in [2.05, 4.69) is 57.2 Å². The van der Waals surface area contributed by atoms with Gasteiger partial charge in [-0.25, -0.2) is 9.90 Å². The summed E-state index contributed by atoms with van der Waals surface area (Å²) >= 11 is 0. The van der Waals surface area contributed by atoms with Gasteiger partial charge in [-0.05, 0) is 38.5 Å². The molecule has 22 heavy (non-hydrogen) atoms. The minimum absolute atomic E-state index is 0.163. The van der Waals surface area contributed by atoms with Gasteiger partial charge in [-0.15, -0.1) is 0 Å². The topological polar surface area (TPSA) is 21.7 Å². The molecule has 0 aromatic heterocycles. The first-order chi connectivity index (χ1) is 10.5. The molecule has 0 unspecified atom stereocenters. The van der Waals surface area contributed by atoms with E-state index in [4.69, 9.17) is 9.57 Å². The first kappa shape index (κ1) is 15.1. The summed E-state index contributed by atoms with van der Waals surface area (Å²) in [5.41, 5.74) is 2.07. The summed E-state index contributed by atoms with van der Waals surface area (Å²) in [5.74, 6) is 0. The van der Waals surface area contributed by atoms with E-state index in [-0.39, 0.29) is 17.9 Å². The van der Waals surface area contributed by atoms with E-state index in [9.17, 15) is 0 Å². The quantitative estimate of drug-likeness (QED) is 0.819. The third-order valence-corrected chi connectivity index (χ3v) is 3.61. The van der Waals surface area contributed by atoms with E-state index in [0.717, 1.165) is 12.1 Å². The van der Waals surface area contributed by atoms with Crippen molar-refractivity contribution in [2.24, 2.45) is 0 Å². The van der Waals surface area contributed by atoms with Crippen LogP contribution in [0.5, 0.6) is 0 Å². The number of hydrogen-bond acceptors (Lipinski definition) is 3. The molecule has 1 fully saturated rings. The van der Waals surface area contributed by atoms with E-state index < -0.39 is 0 Å². The summed E-state index contributed by atoms with van der Waals surface area (Å²) in [7, 11) is 0. The number of hydrogen-bond donors (Lipinski definition) is 0. The maximum atomic E-state index is 6.10. The molecule has 1 saturated heterocycles. The Labute approximate surface area is 132 Å². The molecule has 0 bridgehead atoms. The molecule has 3 heteroatoms. The van der Waals surface area contributed by atoms with E-state index in [1.165, 1.54) is 5.56 Å². The third-order valence-electron chi connectivity index (χ3n) is 3.61. The normalized spacial score (nSPS) is 22.0. The lowest BCUT2D eigenvalue weighted by Gasteiger charge is -2.26. The Morgan fingerprint density at radius 1 is 0.955 bits per heavy atom. The molecule has 1 aliphatic heterocycles. The lowest BCUT2D eigenvalue weighted by Crippen LogP contribution is -2.28. The van der Waals surface area contributed by atoms with Crippen molar-refractivity contribution in [1.82, 2.24) is 0 Å². The van der Waals surface area contributed by atoms with Crippen LogP contribution in [0.25, 0.3) is 0 Å². The van der Waals surface area contributed by atoms with Crippen LogP contribution in [0.15, 0.2) is 60.7 Å². The lowest BCUT2D eigenvalue weighted by molar-refractivity contribution is -0.176. The largest absolute Gasteiger partial charge is 0.344 e. The molecule has 0 spiro atoms. The molecule has 0 radical (unpaired) electrons. The van der Waals surface area contributed by atoms with Crippen molar-refractivity contribution in [1.29, 1.82) is 0 Å². The molecule has 0 aliphatic carbocycles. The number of hydroxylamine groups is 1. The molecule has 3 rings (SSSR count). The van der Waals surface area contributed by atoms with Crippen LogP contribution < -0.4 is 5.06 Å². The van der Waals surface area contributed by atoms with Crippen molar-refractivity contribution in [3.8, 4) is 0 Å². The zero-order chi connectivity index (χ0) is 15.6. The summed E-state index contributed by atoms with van der Waals surface area (Å²) in [6.07, 6.45) is 0.585. The van der Waals surface area contributed by atoms with E-state index in [1.54, 1.807) is 0 Å². The molecule has 2 atom stereocenters. The molecule has 1 heterocycles. The van der Waals surface area contributed by atoms with Crippen molar-refractivity contribution < 1.29 is 9.57 Å². The predicted octanol–water partition coefficient (Wildman–Crippen LogP) is 4.71. The average Bonchev–Trinajstić information content (AvgIpc) is 2.91. The van der Waals surface area contributed by atoms with Crippen LogP contribution >= 0.6 is 0 Å². The molecular weight excluding hydrogens is 274 g/mol. The maximum absolute atomic E-state index is 6.10. The predicted molar refractivity (Wildman–Crippen MR) is 88.4 cm³/mol. The van der Waals surface area contributed by atoms with Crippen LogP contribution in [0, 0.1) is 0 Å². The van der Waals surface area contributed by atoms with E-state index >= 15 is 0 Å². The fourth-order valence-electron chi connectivity index (χ4n) is 2.75. The summed E-state index contributed by atoms with van der Waals surface area (Å²) in [6, 6.07) is 20.8. The highest BCUT2D eigenvalue weighted by Gasteiger charge is 2.37. The van der Waals surface area contributed by atoms with E-state index in [0.29, 0.717) is 0 Å². The van der Waals surface area contributed by atoms with Crippen LogP contribution in [0.2, 0.25) is 0 Å². The van der Waals surface area contributed by atoms with Gasteiger partial charge in [0.15, 0.2) is 6.29 Å². The Bertz CT molecular complexity index is 544. The Morgan fingerprint density at radius 3 is 2.14 bits per heavy atom. The number of ether oxygens (including phenoxy) is 1. The van der Waals surface area contributed by atoms with Crippen LogP contribution in [0.3, 0.4) is 0 Å². The van der Waals surface area contributed by atoms with Crippen molar-refractivity contribution in [2.45, 2.75) is 45.1 Å². The highest BCUT2D eigenvalue weighted by atomic mass is 16.8. The minimum atomic E-state index is -0.231. The summed E-state index contributed by atoms with van der Waals surface area (Å²) < 4.78 is 6.04. The zero-order valence-corrected chi connectivity index (χ0v) is 13.4. The number of benzene rings is 2. The average molecular weight is 297 g/mol. The van der Waals surface area contributed by atoms with Crippen LogP contribution in [0.1, 0.15) is 38.8 Å². The highest BCUT2D eigenvalue weighted by molar-refractivity contribution is 5.47. The number of para-hydroxylation sites is 1. The van der Waals surface area contributed by atoms with Gasteiger partial charge >= 0.3 is 0 Å². The molecular formula is C19H23NO2. The molecule has 0 N–H and O–H groups in total. The van der Waals surface area contributed by atoms with Gasteiger partial charge in [0, 0.05) is 6.42 Å². The number of rotatable bonds is 3. The van der Waals surface area contributed by atoms with Gasteiger partial charge in [0.25, 0.3) is 0 Å². The Morgan fingerprint density at radius 2 is 1.55 bits per heavy atom. The second-order valence-electron chi connectivity index (χ2n) is 6.59. The van der Waals surface area contributed by atoms with E-state index in [1.807, 2.05) is 29.3 Å². The lowest BCUT2D eigenvalue weighted by atomic mass is 10.0. The third kappa shape index (κ3) is 3.49.